The van der Waals surface area contributed by atoms with E-state index in [0.717, 1.165) is 0 Å². The van der Waals surface area contributed by atoms with Gasteiger partial charge in [0.2, 0.25) is 0 Å². The molecule has 0 unspecified atom stereocenters. The average molecular weight is 261 g/mol. The van der Waals surface area contributed by atoms with Crippen molar-refractivity contribution < 1.29 is 14.7 Å². The molecule has 0 heterocycles. The van der Waals surface area contributed by atoms with Gasteiger partial charge < -0.3 is 5.11 Å². The number of halogens is 1. The maximum absolute atomic E-state index is 12.1. The summed E-state index contributed by atoms with van der Waals surface area (Å²) in [6, 6.07) is 11.3. The lowest BCUT2D eigenvalue weighted by molar-refractivity contribution is 0.103. The Bertz CT molecular complexity index is 606. The van der Waals surface area contributed by atoms with Crippen LogP contribution in [0.15, 0.2) is 42.5 Å². The van der Waals surface area contributed by atoms with Crippen LogP contribution < -0.4 is 0 Å². The first-order valence-electron chi connectivity index (χ1n) is 5.21. The van der Waals surface area contributed by atoms with E-state index in [-0.39, 0.29) is 27.7 Å². The van der Waals surface area contributed by atoms with E-state index in [1.807, 2.05) is 0 Å². The normalized spacial score (nSPS) is 10.1. The molecule has 2 rings (SSSR count). The summed E-state index contributed by atoms with van der Waals surface area (Å²) >= 11 is 5.77. The van der Waals surface area contributed by atoms with Crippen molar-refractivity contribution in [2.24, 2.45) is 0 Å². The van der Waals surface area contributed by atoms with Crippen LogP contribution in [-0.2, 0) is 0 Å². The molecule has 1 N–H and O–H groups in total. The molecule has 0 aliphatic heterocycles. The number of aldehydes is 1. The smallest absolute Gasteiger partial charge is 0.193 e. The molecule has 0 bridgehead atoms. The number of hydrogen-bond acceptors (Lipinski definition) is 3. The van der Waals surface area contributed by atoms with Crippen molar-refractivity contribution in [3.63, 3.8) is 0 Å². The molecule has 0 atom stereocenters. The van der Waals surface area contributed by atoms with E-state index < -0.39 is 0 Å². The highest BCUT2D eigenvalue weighted by Gasteiger charge is 2.14. The second-order valence-corrected chi connectivity index (χ2v) is 4.12. The largest absolute Gasteiger partial charge is 0.506 e. The molecule has 0 amide bonds. The molecule has 18 heavy (non-hydrogen) atoms. The summed E-state index contributed by atoms with van der Waals surface area (Å²) in [5.41, 5.74) is 0.768. The topological polar surface area (TPSA) is 54.4 Å². The molecule has 4 heteroatoms. The van der Waals surface area contributed by atoms with Gasteiger partial charge >= 0.3 is 0 Å². The highest BCUT2D eigenvalue weighted by molar-refractivity contribution is 6.33. The predicted octanol–water partition coefficient (Wildman–Crippen LogP) is 3.09. The molecule has 2 aromatic carbocycles. The number of ketones is 1. The van der Waals surface area contributed by atoms with Crippen LogP contribution in [-0.4, -0.2) is 17.2 Å². The van der Waals surface area contributed by atoms with E-state index in [4.69, 9.17) is 11.6 Å². The Morgan fingerprint density at radius 3 is 2.39 bits per heavy atom. The van der Waals surface area contributed by atoms with Gasteiger partial charge in [0.1, 0.15) is 5.75 Å². The molecule has 0 saturated heterocycles. The molecule has 0 aliphatic rings. The molecule has 0 radical (unpaired) electrons. The quantitative estimate of drug-likeness (QED) is 0.682. The van der Waals surface area contributed by atoms with Gasteiger partial charge in [0.05, 0.1) is 10.6 Å². The van der Waals surface area contributed by atoms with Gasteiger partial charge in [-0.3, -0.25) is 9.59 Å². The summed E-state index contributed by atoms with van der Waals surface area (Å²) in [6.07, 6.45) is 0.461. The molecule has 3 nitrogen and oxygen atoms in total. The first-order valence-corrected chi connectivity index (χ1v) is 5.58. The molecule has 90 valence electrons. The van der Waals surface area contributed by atoms with Gasteiger partial charge in [-0.1, -0.05) is 41.9 Å². The van der Waals surface area contributed by atoms with E-state index >= 15 is 0 Å². The van der Waals surface area contributed by atoms with Crippen molar-refractivity contribution >= 4 is 23.7 Å². The fourth-order valence-electron chi connectivity index (χ4n) is 1.60. The van der Waals surface area contributed by atoms with Crippen LogP contribution >= 0.6 is 11.6 Å². The Balaban J connectivity index is 2.49. The number of phenols is 1. The Hall–Kier alpha value is -2.13. The summed E-state index contributed by atoms with van der Waals surface area (Å²) in [5, 5.41) is 9.48. The van der Waals surface area contributed by atoms with Crippen LogP contribution in [0.2, 0.25) is 5.02 Å². The zero-order valence-corrected chi connectivity index (χ0v) is 10.0. The van der Waals surface area contributed by atoms with Gasteiger partial charge in [-0.25, -0.2) is 0 Å². The minimum atomic E-state index is -0.309. The third-order valence-corrected chi connectivity index (χ3v) is 2.81. The van der Waals surface area contributed by atoms with Gasteiger partial charge in [0, 0.05) is 11.1 Å². The zero-order chi connectivity index (χ0) is 13.1. The van der Waals surface area contributed by atoms with E-state index in [1.54, 1.807) is 30.3 Å². The Labute approximate surface area is 109 Å². The summed E-state index contributed by atoms with van der Waals surface area (Å²) in [6.45, 7) is 0. The number of carbonyl (C=O) groups excluding carboxylic acids is 2. The molecule has 0 aliphatic carbocycles. The van der Waals surface area contributed by atoms with E-state index in [2.05, 4.69) is 0 Å². The van der Waals surface area contributed by atoms with Gasteiger partial charge in [0.25, 0.3) is 0 Å². The number of rotatable bonds is 3. The Morgan fingerprint density at radius 1 is 1.11 bits per heavy atom. The van der Waals surface area contributed by atoms with Crippen molar-refractivity contribution in [3.8, 4) is 5.75 Å². The monoisotopic (exact) mass is 260 g/mol. The third-order valence-electron chi connectivity index (χ3n) is 2.52. The van der Waals surface area contributed by atoms with Crippen LogP contribution in [0.25, 0.3) is 0 Å². The SMILES string of the molecule is O=Cc1cc(C(=O)c2ccccc2)cc(Cl)c1O. The molecular formula is C14H9ClO3. The van der Waals surface area contributed by atoms with Gasteiger partial charge in [-0.2, -0.15) is 0 Å². The summed E-state index contributed by atoms with van der Waals surface area (Å²) in [7, 11) is 0. The fourth-order valence-corrected chi connectivity index (χ4v) is 1.82. The number of hydrogen-bond donors (Lipinski definition) is 1. The van der Waals surface area contributed by atoms with Crippen LogP contribution in [0, 0.1) is 0 Å². The summed E-state index contributed by atoms with van der Waals surface area (Å²) < 4.78 is 0. The van der Waals surface area contributed by atoms with Gasteiger partial charge in [-0.15, -0.1) is 0 Å². The minimum Gasteiger partial charge on any atom is -0.506 e. The van der Waals surface area contributed by atoms with Gasteiger partial charge in [0.15, 0.2) is 12.1 Å². The number of benzene rings is 2. The van der Waals surface area contributed by atoms with Gasteiger partial charge in [-0.05, 0) is 12.1 Å². The number of carbonyl (C=O) groups is 2. The zero-order valence-electron chi connectivity index (χ0n) is 9.26. The highest BCUT2D eigenvalue weighted by Crippen LogP contribution is 2.28. The Kier molecular flexibility index (Phi) is 3.44. The molecule has 0 saturated carbocycles. The third kappa shape index (κ3) is 2.26. The number of aromatic hydroxyl groups is 1. The van der Waals surface area contributed by atoms with E-state index in [1.165, 1.54) is 12.1 Å². The second kappa shape index (κ2) is 5.02. The maximum atomic E-state index is 12.1. The van der Waals surface area contributed by atoms with E-state index in [0.29, 0.717) is 11.8 Å². The standard InChI is InChI=1S/C14H9ClO3/c15-12-7-10(6-11(8-16)14(12)18)13(17)9-4-2-1-3-5-9/h1-8,18H. The summed E-state index contributed by atoms with van der Waals surface area (Å²) in [5.74, 6) is -0.558. The minimum absolute atomic E-state index is 0.00165. The second-order valence-electron chi connectivity index (χ2n) is 3.71. The van der Waals surface area contributed by atoms with Crippen molar-refractivity contribution in [2.45, 2.75) is 0 Å². The van der Waals surface area contributed by atoms with Crippen LogP contribution in [0.4, 0.5) is 0 Å². The van der Waals surface area contributed by atoms with Crippen LogP contribution in [0.1, 0.15) is 26.3 Å². The van der Waals surface area contributed by atoms with Crippen molar-refractivity contribution in [1.29, 1.82) is 0 Å². The fraction of sp³-hybridized carbons (Fsp3) is 0. The lowest BCUT2D eigenvalue weighted by Gasteiger charge is -2.05. The highest BCUT2D eigenvalue weighted by atomic mass is 35.5. The molecule has 0 aromatic heterocycles. The van der Waals surface area contributed by atoms with Crippen molar-refractivity contribution in [1.82, 2.24) is 0 Å². The lowest BCUT2D eigenvalue weighted by atomic mass is 10.0. The molecular weight excluding hydrogens is 252 g/mol. The molecule has 0 spiro atoms. The molecule has 0 fully saturated rings. The average Bonchev–Trinajstić information content (AvgIpc) is 2.42. The van der Waals surface area contributed by atoms with Crippen LogP contribution in [0.5, 0.6) is 5.75 Å². The molecule has 2 aromatic rings. The van der Waals surface area contributed by atoms with Crippen LogP contribution in [0.3, 0.4) is 0 Å². The van der Waals surface area contributed by atoms with Crippen molar-refractivity contribution in [3.05, 3.63) is 64.2 Å². The summed E-state index contributed by atoms with van der Waals surface area (Å²) in [4.78, 5) is 22.9. The van der Waals surface area contributed by atoms with Crippen molar-refractivity contribution in [2.75, 3.05) is 0 Å². The first-order chi connectivity index (χ1) is 8.63. The maximum Gasteiger partial charge on any atom is 0.193 e. The van der Waals surface area contributed by atoms with E-state index in [9.17, 15) is 14.7 Å². The predicted molar refractivity (Wildman–Crippen MR) is 68.4 cm³/mol. The Morgan fingerprint density at radius 2 is 1.78 bits per heavy atom. The first kappa shape index (κ1) is 12.3. The number of phenolic OH excluding ortho intramolecular Hbond substituents is 1. The lowest BCUT2D eigenvalue weighted by Crippen LogP contribution is -2.02.